The molecule has 1 aromatic rings. The van der Waals surface area contributed by atoms with E-state index in [1.54, 1.807) is 6.07 Å². The fourth-order valence-corrected chi connectivity index (χ4v) is 2.21. The Morgan fingerprint density at radius 1 is 1.22 bits per heavy atom. The molecule has 18 heavy (non-hydrogen) atoms. The van der Waals surface area contributed by atoms with Crippen molar-refractivity contribution in [2.75, 3.05) is 32.7 Å². The molecule has 100 valence electrons. The van der Waals surface area contributed by atoms with Gasteiger partial charge in [-0.25, -0.2) is 0 Å². The van der Waals surface area contributed by atoms with Crippen molar-refractivity contribution in [3.63, 3.8) is 0 Å². The van der Waals surface area contributed by atoms with Gasteiger partial charge < -0.3 is 25.5 Å². The van der Waals surface area contributed by atoms with Crippen LogP contribution in [-0.4, -0.2) is 52.9 Å². The van der Waals surface area contributed by atoms with E-state index >= 15 is 0 Å². The fourth-order valence-electron chi connectivity index (χ4n) is 2.21. The minimum Gasteiger partial charge on any atom is -0.508 e. The predicted molar refractivity (Wildman–Crippen MR) is 68.7 cm³/mol. The van der Waals surface area contributed by atoms with Gasteiger partial charge in [-0.2, -0.15) is 0 Å². The average molecular weight is 252 g/mol. The van der Waals surface area contributed by atoms with Crippen LogP contribution in [0.5, 0.6) is 11.5 Å². The highest BCUT2D eigenvalue weighted by Gasteiger charge is 2.15. The minimum absolute atomic E-state index is 0.00514. The molecule has 1 saturated heterocycles. The van der Waals surface area contributed by atoms with Crippen molar-refractivity contribution in [3.8, 4) is 11.5 Å². The van der Waals surface area contributed by atoms with Crippen LogP contribution in [0.15, 0.2) is 18.2 Å². The van der Waals surface area contributed by atoms with Gasteiger partial charge in [0, 0.05) is 44.4 Å². The minimum atomic E-state index is -0.694. The van der Waals surface area contributed by atoms with Gasteiger partial charge in [0.1, 0.15) is 11.5 Å². The van der Waals surface area contributed by atoms with Gasteiger partial charge >= 0.3 is 0 Å². The van der Waals surface area contributed by atoms with Crippen LogP contribution in [0.1, 0.15) is 18.1 Å². The first kappa shape index (κ1) is 13.1. The molecule has 1 aliphatic rings. The number of nitrogens with one attached hydrogen (secondary N) is 1. The zero-order valence-electron chi connectivity index (χ0n) is 10.3. The molecular weight excluding hydrogens is 232 g/mol. The molecule has 1 unspecified atom stereocenters. The molecule has 0 bridgehead atoms. The average Bonchev–Trinajstić information content (AvgIpc) is 2.37. The molecule has 5 heteroatoms. The number of benzene rings is 1. The third-order valence-electron chi connectivity index (χ3n) is 3.30. The molecule has 1 fully saturated rings. The lowest BCUT2D eigenvalue weighted by molar-refractivity contribution is 0.134. The monoisotopic (exact) mass is 252 g/mol. The lowest BCUT2D eigenvalue weighted by Gasteiger charge is -2.28. The summed E-state index contributed by atoms with van der Waals surface area (Å²) in [5, 5.41) is 32.2. The van der Waals surface area contributed by atoms with Crippen LogP contribution in [0.2, 0.25) is 0 Å². The van der Waals surface area contributed by atoms with Crippen LogP contribution in [0.25, 0.3) is 0 Å². The van der Waals surface area contributed by atoms with Crippen molar-refractivity contribution in [2.45, 2.75) is 12.5 Å². The summed E-state index contributed by atoms with van der Waals surface area (Å²) in [6.45, 7) is 4.77. The van der Waals surface area contributed by atoms with Crippen LogP contribution in [0.4, 0.5) is 0 Å². The third kappa shape index (κ3) is 3.35. The molecule has 4 N–H and O–H groups in total. The van der Waals surface area contributed by atoms with Crippen LogP contribution < -0.4 is 5.32 Å². The quantitative estimate of drug-likeness (QED) is 0.625. The van der Waals surface area contributed by atoms with E-state index in [2.05, 4.69) is 10.2 Å². The number of aromatic hydroxyl groups is 2. The van der Waals surface area contributed by atoms with Crippen LogP contribution in [0.3, 0.4) is 0 Å². The molecule has 0 aliphatic carbocycles. The number of rotatable bonds is 4. The number of hydrogen-bond donors (Lipinski definition) is 4. The van der Waals surface area contributed by atoms with Crippen molar-refractivity contribution >= 4 is 0 Å². The van der Waals surface area contributed by atoms with Crippen molar-refractivity contribution in [2.24, 2.45) is 0 Å². The number of hydrogen-bond acceptors (Lipinski definition) is 5. The standard InChI is InChI=1S/C13H20N2O3/c16-10-1-2-11(13(18)9-10)12(17)3-6-15-7-4-14-5-8-15/h1-2,9,12,14,16-18H,3-8H2. The van der Waals surface area contributed by atoms with Crippen molar-refractivity contribution in [1.82, 2.24) is 10.2 Å². The molecule has 0 spiro atoms. The van der Waals surface area contributed by atoms with E-state index < -0.39 is 6.10 Å². The predicted octanol–water partition coefficient (Wildman–Crippen LogP) is 0.426. The number of phenols is 2. The maximum atomic E-state index is 10.0. The Hall–Kier alpha value is -1.30. The molecule has 1 aliphatic heterocycles. The summed E-state index contributed by atoms with van der Waals surface area (Å²) < 4.78 is 0. The SMILES string of the molecule is Oc1ccc(C(O)CCN2CCNCC2)c(O)c1. The molecule has 5 nitrogen and oxygen atoms in total. The Labute approximate surface area is 107 Å². The van der Waals surface area contributed by atoms with Gasteiger partial charge in [-0.3, -0.25) is 0 Å². The van der Waals surface area contributed by atoms with E-state index in [9.17, 15) is 15.3 Å². The third-order valence-corrected chi connectivity index (χ3v) is 3.30. The van der Waals surface area contributed by atoms with Gasteiger partial charge in [0.15, 0.2) is 0 Å². The van der Waals surface area contributed by atoms with Crippen LogP contribution in [-0.2, 0) is 0 Å². The van der Waals surface area contributed by atoms with E-state index in [0.29, 0.717) is 12.0 Å². The number of phenolic OH excluding ortho intramolecular Hbond substituents is 2. The molecule has 0 amide bonds. The second-order valence-electron chi connectivity index (χ2n) is 4.64. The first-order valence-electron chi connectivity index (χ1n) is 6.30. The van der Waals surface area contributed by atoms with E-state index in [1.807, 2.05) is 0 Å². The smallest absolute Gasteiger partial charge is 0.125 e. The topological polar surface area (TPSA) is 76.0 Å². The van der Waals surface area contributed by atoms with Crippen molar-refractivity contribution in [1.29, 1.82) is 0 Å². The van der Waals surface area contributed by atoms with Crippen LogP contribution in [0, 0.1) is 0 Å². The Balaban J connectivity index is 1.88. The Kier molecular flexibility index (Phi) is 4.41. The first-order valence-corrected chi connectivity index (χ1v) is 6.30. The summed E-state index contributed by atoms with van der Waals surface area (Å²) in [6, 6.07) is 4.29. The molecular formula is C13H20N2O3. The molecule has 0 aromatic heterocycles. The van der Waals surface area contributed by atoms with Crippen molar-refractivity contribution < 1.29 is 15.3 Å². The highest BCUT2D eigenvalue weighted by atomic mass is 16.3. The number of nitrogens with zero attached hydrogens (tertiary/aromatic N) is 1. The molecule has 1 aromatic carbocycles. The molecule has 1 heterocycles. The molecule has 1 atom stereocenters. The Morgan fingerprint density at radius 2 is 1.94 bits per heavy atom. The van der Waals surface area contributed by atoms with E-state index in [0.717, 1.165) is 32.7 Å². The highest BCUT2D eigenvalue weighted by molar-refractivity contribution is 5.40. The van der Waals surface area contributed by atoms with E-state index in [-0.39, 0.29) is 11.5 Å². The fraction of sp³-hybridized carbons (Fsp3) is 0.538. The summed E-state index contributed by atoms with van der Waals surface area (Å²) in [4.78, 5) is 2.29. The molecule has 0 saturated carbocycles. The summed E-state index contributed by atoms with van der Waals surface area (Å²) in [5.41, 5.74) is 0.475. The van der Waals surface area contributed by atoms with Gasteiger partial charge in [-0.15, -0.1) is 0 Å². The normalized spacial score (nSPS) is 18.7. The lowest BCUT2D eigenvalue weighted by Crippen LogP contribution is -2.44. The van der Waals surface area contributed by atoms with Crippen LogP contribution >= 0.6 is 0 Å². The highest BCUT2D eigenvalue weighted by Crippen LogP contribution is 2.29. The number of piperazine rings is 1. The van der Waals surface area contributed by atoms with Crippen molar-refractivity contribution in [3.05, 3.63) is 23.8 Å². The van der Waals surface area contributed by atoms with E-state index in [1.165, 1.54) is 12.1 Å². The summed E-state index contributed by atoms with van der Waals surface area (Å²) in [7, 11) is 0. The molecule has 2 rings (SSSR count). The first-order chi connectivity index (χ1) is 8.66. The lowest BCUT2D eigenvalue weighted by atomic mass is 10.0. The molecule has 0 radical (unpaired) electrons. The number of aliphatic hydroxyl groups excluding tert-OH is 1. The summed E-state index contributed by atoms with van der Waals surface area (Å²) in [5.74, 6) is -0.0478. The second-order valence-corrected chi connectivity index (χ2v) is 4.64. The summed E-state index contributed by atoms with van der Waals surface area (Å²) in [6.07, 6.45) is -0.112. The maximum absolute atomic E-state index is 10.0. The van der Waals surface area contributed by atoms with Gasteiger partial charge in [-0.1, -0.05) is 0 Å². The number of aliphatic hydroxyl groups is 1. The van der Waals surface area contributed by atoms with Gasteiger partial charge in [0.25, 0.3) is 0 Å². The Bertz CT molecular complexity index is 392. The Morgan fingerprint density at radius 3 is 2.61 bits per heavy atom. The largest absolute Gasteiger partial charge is 0.508 e. The van der Waals surface area contributed by atoms with Gasteiger partial charge in [0.2, 0.25) is 0 Å². The summed E-state index contributed by atoms with van der Waals surface area (Å²) >= 11 is 0. The van der Waals surface area contributed by atoms with Gasteiger partial charge in [0.05, 0.1) is 6.10 Å². The maximum Gasteiger partial charge on any atom is 0.125 e. The van der Waals surface area contributed by atoms with Gasteiger partial charge in [-0.05, 0) is 18.6 Å². The second kappa shape index (κ2) is 6.04. The zero-order valence-corrected chi connectivity index (χ0v) is 10.3. The zero-order chi connectivity index (χ0) is 13.0. The van der Waals surface area contributed by atoms with E-state index in [4.69, 9.17) is 0 Å².